The largest absolute Gasteiger partial charge is 0.327 e. The van der Waals surface area contributed by atoms with Crippen LogP contribution in [0.4, 0.5) is 0 Å². The summed E-state index contributed by atoms with van der Waals surface area (Å²) in [4.78, 5) is 0. The van der Waals surface area contributed by atoms with Gasteiger partial charge in [-0.05, 0) is 30.7 Å². The molecule has 3 nitrogen and oxygen atoms in total. The average molecular weight is 179 g/mol. The van der Waals surface area contributed by atoms with E-state index in [1.807, 2.05) is 11.7 Å². The Kier molecular flexibility index (Phi) is 1.91. The van der Waals surface area contributed by atoms with Crippen LogP contribution in [0.5, 0.6) is 0 Å². The lowest BCUT2D eigenvalue weighted by molar-refractivity contribution is 0.226. The molecule has 13 heavy (non-hydrogen) atoms. The summed E-state index contributed by atoms with van der Waals surface area (Å²) in [6.45, 7) is 4.30. The van der Waals surface area contributed by atoms with E-state index < -0.39 is 0 Å². The van der Waals surface area contributed by atoms with Crippen molar-refractivity contribution in [1.29, 1.82) is 0 Å². The maximum Gasteiger partial charge on any atom is 0.0628 e. The van der Waals surface area contributed by atoms with Crippen molar-refractivity contribution in [2.24, 2.45) is 18.7 Å². The van der Waals surface area contributed by atoms with Gasteiger partial charge in [-0.1, -0.05) is 6.92 Å². The molecule has 1 aromatic heterocycles. The highest BCUT2D eigenvalue weighted by atomic mass is 15.2. The number of nitrogens with two attached hydrogens (primary N) is 1. The molecule has 1 aliphatic rings. The average Bonchev–Trinajstić information content (AvgIpc) is 2.40. The van der Waals surface area contributed by atoms with Crippen LogP contribution in [0.1, 0.15) is 30.5 Å². The normalized spacial score (nSPS) is 33.1. The van der Waals surface area contributed by atoms with Gasteiger partial charge in [-0.15, -0.1) is 0 Å². The van der Waals surface area contributed by atoms with Crippen LogP contribution in [-0.2, 0) is 7.05 Å². The molecule has 1 fully saturated rings. The van der Waals surface area contributed by atoms with Gasteiger partial charge in [-0.3, -0.25) is 4.68 Å². The predicted octanol–water partition coefficient (Wildman–Crippen LogP) is 1.18. The predicted molar refractivity (Wildman–Crippen MR) is 52.4 cm³/mol. The van der Waals surface area contributed by atoms with Gasteiger partial charge < -0.3 is 5.73 Å². The molecule has 72 valence electrons. The molecule has 3 unspecified atom stereocenters. The van der Waals surface area contributed by atoms with Gasteiger partial charge in [0.2, 0.25) is 0 Å². The van der Waals surface area contributed by atoms with Gasteiger partial charge in [0.25, 0.3) is 0 Å². The molecule has 1 heterocycles. The summed E-state index contributed by atoms with van der Waals surface area (Å²) in [5.74, 6) is 1.26. The molecule has 0 aromatic carbocycles. The summed E-state index contributed by atoms with van der Waals surface area (Å²) in [5.41, 5.74) is 8.42. The summed E-state index contributed by atoms with van der Waals surface area (Å²) >= 11 is 0. The second kappa shape index (κ2) is 2.84. The molecule has 1 aromatic rings. The molecule has 3 heteroatoms. The Hall–Kier alpha value is -0.830. The third kappa shape index (κ3) is 1.27. The van der Waals surface area contributed by atoms with Crippen LogP contribution >= 0.6 is 0 Å². The van der Waals surface area contributed by atoms with E-state index >= 15 is 0 Å². The van der Waals surface area contributed by atoms with E-state index in [1.54, 1.807) is 0 Å². The molecule has 1 aliphatic carbocycles. The van der Waals surface area contributed by atoms with Gasteiger partial charge in [0, 0.05) is 19.3 Å². The first-order valence-electron chi connectivity index (χ1n) is 4.85. The fraction of sp³-hybridized carbons (Fsp3) is 0.700. The first-order chi connectivity index (χ1) is 6.09. The number of aromatic nitrogens is 2. The molecule has 0 spiro atoms. The summed E-state index contributed by atoms with van der Waals surface area (Å²) in [5, 5.41) is 4.35. The smallest absolute Gasteiger partial charge is 0.0628 e. The van der Waals surface area contributed by atoms with Crippen molar-refractivity contribution >= 4 is 0 Å². The lowest BCUT2D eigenvalue weighted by atomic mass is 9.67. The van der Waals surface area contributed by atoms with Crippen molar-refractivity contribution in [1.82, 2.24) is 9.78 Å². The molecule has 0 saturated heterocycles. The minimum absolute atomic E-state index is 0.393. The van der Waals surface area contributed by atoms with Gasteiger partial charge in [0.05, 0.1) is 5.69 Å². The van der Waals surface area contributed by atoms with Crippen LogP contribution in [0.25, 0.3) is 0 Å². The van der Waals surface area contributed by atoms with E-state index in [4.69, 9.17) is 5.73 Å². The Morgan fingerprint density at radius 2 is 2.31 bits per heavy atom. The van der Waals surface area contributed by atoms with E-state index in [-0.39, 0.29) is 0 Å². The Bertz CT molecular complexity index is 316. The second-order valence-corrected chi connectivity index (χ2v) is 4.21. The molecule has 0 aliphatic heterocycles. The van der Waals surface area contributed by atoms with E-state index in [0.29, 0.717) is 17.9 Å². The standard InChI is InChI=1S/C10H17N3/c1-6-8(4-10(6)11)9-5-13(3)12-7(9)2/h5-6,8,10H,4,11H2,1-3H3. The molecular weight excluding hydrogens is 162 g/mol. The quantitative estimate of drug-likeness (QED) is 0.703. The molecule has 2 N–H and O–H groups in total. The van der Waals surface area contributed by atoms with Crippen molar-refractivity contribution in [3.8, 4) is 0 Å². The minimum atomic E-state index is 0.393. The molecule has 2 rings (SSSR count). The number of aryl methyl sites for hydroxylation is 2. The van der Waals surface area contributed by atoms with Gasteiger partial charge in [0.1, 0.15) is 0 Å². The van der Waals surface area contributed by atoms with E-state index in [2.05, 4.69) is 25.1 Å². The topological polar surface area (TPSA) is 43.8 Å². The zero-order valence-electron chi connectivity index (χ0n) is 8.49. The monoisotopic (exact) mass is 179 g/mol. The van der Waals surface area contributed by atoms with Crippen molar-refractivity contribution in [2.75, 3.05) is 0 Å². The Morgan fingerprint density at radius 3 is 2.69 bits per heavy atom. The zero-order chi connectivity index (χ0) is 9.59. The lowest BCUT2D eigenvalue weighted by Crippen LogP contribution is -2.44. The molecular formula is C10H17N3. The van der Waals surface area contributed by atoms with Gasteiger partial charge in [0.15, 0.2) is 0 Å². The molecule has 0 radical (unpaired) electrons. The van der Waals surface area contributed by atoms with Crippen molar-refractivity contribution < 1.29 is 0 Å². The summed E-state index contributed by atoms with van der Waals surface area (Å²) in [6, 6.07) is 0.393. The first-order valence-corrected chi connectivity index (χ1v) is 4.85. The first kappa shape index (κ1) is 8.75. The Morgan fingerprint density at radius 1 is 1.62 bits per heavy atom. The van der Waals surface area contributed by atoms with Crippen LogP contribution in [0.3, 0.4) is 0 Å². The summed E-state index contributed by atoms with van der Waals surface area (Å²) < 4.78 is 1.89. The van der Waals surface area contributed by atoms with Gasteiger partial charge >= 0.3 is 0 Å². The number of rotatable bonds is 1. The molecule has 0 amide bonds. The summed E-state index contributed by atoms with van der Waals surface area (Å²) in [7, 11) is 1.97. The highest BCUT2D eigenvalue weighted by molar-refractivity contribution is 5.25. The Balaban J connectivity index is 2.22. The van der Waals surface area contributed by atoms with Crippen LogP contribution in [0.15, 0.2) is 6.20 Å². The van der Waals surface area contributed by atoms with Crippen molar-refractivity contribution in [3.63, 3.8) is 0 Å². The van der Waals surface area contributed by atoms with Crippen LogP contribution in [-0.4, -0.2) is 15.8 Å². The van der Waals surface area contributed by atoms with Gasteiger partial charge in [-0.2, -0.15) is 5.10 Å². The third-order valence-electron chi connectivity index (χ3n) is 3.29. The van der Waals surface area contributed by atoms with E-state index in [1.165, 1.54) is 5.56 Å². The minimum Gasteiger partial charge on any atom is -0.327 e. The molecule has 1 saturated carbocycles. The number of hydrogen-bond acceptors (Lipinski definition) is 2. The van der Waals surface area contributed by atoms with Crippen molar-refractivity contribution in [2.45, 2.75) is 32.2 Å². The number of hydrogen-bond donors (Lipinski definition) is 1. The van der Waals surface area contributed by atoms with Crippen molar-refractivity contribution in [3.05, 3.63) is 17.5 Å². The van der Waals surface area contributed by atoms with E-state index in [9.17, 15) is 0 Å². The fourth-order valence-corrected chi connectivity index (χ4v) is 2.22. The second-order valence-electron chi connectivity index (χ2n) is 4.21. The van der Waals surface area contributed by atoms with Crippen LogP contribution < -0.4 is 5.73 Å². The maximum atomic E-state index is 5.88. The van der Waals surface area contributed by atoms with Crippen LogP contribution in [0.2, 0.25) is 0 Å². The zero-order valence-corrected chi connectivity index (χ0v) is 8.49. The van der Waals surface area contributed by atoms with E-state index in [0.717, 1.165) is 12.1 Å². The van der Waals surface area contributed by atoms with Crippen LogP contribution in [0, 0.1) is 12.8 Å². The lowest BCUT2D eigenvalue weighted by Gasteiger charge is -2.40. The summed E-state index contributed by atoms with van der Waals surface area (Å²) in [6.07, 6.45) is 3.25. The maximum absolute atomic E-state index is 5.88. The third-order valence-corrected chi connectivity index (χ3v) is 3.29. The van der Waals surface area contributed by atoms with Gasteiger partial charge in [-0.25, -0.2) is 0 Å². The highest BCUT2D eigenvalue weighted by Gasteiger charge is 2.37. The molecule has 0 bridgehead atoms. The number of nitrogens with zero attached hydrogens (tertiary/aromatic N) is 2. The fourth-order valence-electron chi connectivity index (χ4n) is 2.22. The Labute approximate surface area is 78.9 Å². The SMILES string of the molecule is Cc1nn(C)cc1C1CC(N)C1C. The molecule has 3 atom stereocenters. The highest BCUT2D eigenvalue weighted by Crippen LogP contribution is 2.42.